The van der Waals surface area contributed by atoms with Crippen LogP contribution in [-0.2, 0) is 6.15 Å². The first-order valence-electron chi connectivity index (χ1n) is 15.5. The Bertz CT molecular complexity index is 724. The fourth-order valence-corrected chi connectivity index (χ4v) is 14.4. The summed E-state index contributed by atoms with van der Waals surface area (Å²) in [6.45, 7) is 2.30. The van der Waals surface area contributed by atoms with Crippen LogP contribution >= 0.6 is 0 Å². The van der Waals surface area contributed by atoms with E-state index in [-0.39, 0.29) is 25.7 Å². The van der Waals surface area contributed by atoms with Crippen molar-refractivity contribution in [1.82, 2.24) is 0 Å². The zero-order valence-electron chi connectivity index (χ0n) is 25.8. The van der Waals surface area contributed by atoms with Crippen molar-refractivity contribution >= 4 is 19.2 Å². The molecule has 0 aromatic heterocycles. The second kappa shape index (κ2) is 19.7. The Morgan fingerprint density at radius 2 is 0.622 bits per heavy atom. The fraction of sp³-hybridized carbons (Fsp3) is 1.00. The van der Waals surface area contributed by atoms with Crippen LogP contribution in [-0.4, -0.2) is 68.5 Å². The summed E-state index contributed by atoms with van der Waals surface area (Å²) in [5.74, 6) is -26.1. The molecule has 0 radical (unpaired) electrons. The number of hydrogen-bond acceptors (Lipinski definition) is 2. The number of rotatable bonds is 26. The summed E-state index contributed by atoms with van der Waals surface area (Å²) in [6, 6.07) is 0. The van der Waals surface area contributed by atoms with Gasteiger partial charge in [0.25, 0.3) is 0 Å². The molecule has 0 heterocycles. The van der Waals surface area contributed by atoms with E-state index in [1.54, 1.807) is 0 Å². The molecule has 0 spiro atoms. The Kier molecular flexibility index (Phi) is 19.6. The van der Waals surface area contributed by atoms with Crippen LogP contribution in [0.3, 0.4) is 0 Å². The van der Waals surface area contributed by atoms with Crippen molar-refractivity contribution in [2.45, 2.75) is 161 Å². The molecule has 272 valence electrons. The van der Waals surface area contributed by atoms with E-state index in [0.717, 1.165) is 51.4 Å². The number of alkyl halides is 14. The molecular weight excluding hydrogens is 753 g/mol. The van der Waals surface area contributed by atoms with Crippen LogP contribution in [0.15, 0.2) is 0 Å². The molecule has 0 saturated heterocycles. The molecule has 0 saturated carbocycles. The van der Waals surface area contributed by atoms with Gasteiger partial charge in [0.2, 0.25) is 0 Å². The average Bonchev–Trinajstić information content (AvgIpc) is 2.89. The number of halogens is 14. The molecule has 0 fully saturated rings. The Hall–Kier alpha value is -0.261. The molecule has 0 aromatic carbocycles. The van der Waals surface area contributed by atoms with Crippen molar-refractivity contribution in [1.29, 1.82) is 0 Å². The van der Waals surface area contributed by atoms with E-state index in [4.69, 9.17) is 6.15 Å². The summed E-state index contributed by atoms with van der Waals surface area (Å²) in [7, 11) is 0. The zero-order chi connectivity index (χ0) is 35.1. The maximum absolute atomic E-state index is 14.6. The van der Waals surface area contributed by atoms with Gasteiger partial charge in [-0.15, -0.1) is 0 Å². The van der Waals surface area contributed by atoms with Crippen LogP contribution in [0.25, 0.3) is 0 Å². The zero-order valence-corrected chi connectivity index (χ0v) is 28.6. The van der Waals surface area contributed by atoms with Crippen molar-refractivity contribution in [3.05, 3.63) is 0 Å². The van der Waals surface area contributed by atoms with Crippen molar-refractivity contribution < 1.29 is 67.6 Å². The van der Waals surface area contributed by atoms with E-state index in [0.29, 0.717) is 25.7 Å². The Labute approximate surface area is 261 Å². The van der Waals surface area contributed by atoms with Gasteiger partial charge in [-0.05, 0) is 0 Å². The van der Waals surface area contributed by atoms with Gasteiger partial charge in [0.1, 0.15) is 0 Å². The van der Waals surface area contributed by atoms with Crippen LogP contribution in [0, 0.1) is 0 Å². The summed E-state index contributed by atoms with van der Waals surface area (Å²) in [4.78, 5) is 0. The Morgan fingerprint density at radius 3 is 0.867 bits per heavy atom. The molecule has 0 bridgehead atoms. The van der Waals surface area contributed by atoms with E-state index < -0.39 is 77.3 Å². The standard InChI is InChI=1S/2C10H21O.2C4H2F7.Sn/c2*1-2-3-4-5-6-7-8-9-10-11;2*1-2(5,6)3(7,8)4(9,10)11;/h2*2-10H2,1H3;2*1H2;/q2*-1;;;+2. The molecule has 0 aliphatic carbocycles. The van der Waals surface area contributed by atoms with Crippen molar-refractivity contribution in [3.8, 4) is 0 Å². The van der Waals surface area contributed by atoms with Crippen molar-refractivity contribution in [2.75, 3.05) is 13.2 Å². The summed E-state index contributed by atoms with van der Waals surface area (Å²) in [6.07, 6.45) is -3.85. The maximum atomic E-state index is 14.6. The third kappa shape index (κ3) is 14.8. The molecule has 0 amide bonds. The predicted molar refractivity (Wildman–Crippen MR) is 144 cm³/mol. The minimum absolute atomic E-state index is 0.129. The normalized spacial score (nSPS) is 14.4. The van der Waals surface area contributed by atoms with Crippen LogP contribution in [0.1, 0.15) is 117 Å². The molecule has 0 aromatic rings. The van der Waals surface area contributed by atoms with Gasteiger partial charge in [-0.2, -0.15) is 0 Å². The molecule has 0 unspecified atom stereocenters. The van der Waals surface area contributed by atoms with Gasteiger partial charge in [0, 0.05) is 0 Å². The van der Waals surface area contributed by atoms with Crippen LogP contribution in [0.2, 0.25) is 8.87 Å². The van der Waals surface area contributed by atoms with Gasteiger partial charge in [0.05, 0.1) is 0 Å². The van der Waals surface area contributed by atoms with Gasteiger partial charge in [-0.25, -0.2) is 0 Å². The second-order valence-electron chi connectivity index (χ2n) is 11.5. The van der Waals surface area contributed by atoms with E-state index in [1.807, 2.05) is 13.8 Å². The van der Waals surface area contributed by atoms with Crippen LogP contribution in [0.4, 0.5) is 61.5 Å². The molecule has 0 aliphatic rings. The van der Waals surface area contributed by atoms with Crippen LogP contribution in [0.5, 0.6) is 0 Å². The summed E-state index contributed by atoms with van der Waals surface area (Å²) >= 11 is -7.11. The Morgan fingerprint density at radius 1 is 0.378 bits per heavy atom. The molecular formula is C28H46F14O2Sn. The molecule has 0 aliphatic heterocycles. The molecule has 0 atom stereocenters. The fourth-order valence-electron chi connectivity index (χ4n) is 4.61. The van der Waals surface area contributed by atoms with E-state index in [1.165, 1.54) is 0 Å². The molecule has 17 heteroatoms. The summed E-state index contributed by atoms with van der Waals surface area (Å²) in [5, 5.41) is 0. The predicted octanol–water partition coefficient (Wildman–Crippen LogP) is 12.4. The van der Waals surface area contributed by atoms with Gasteiger partial charge < -0.3 is 0 Å². The minimum atomic E-state index is -7.11. The van der Waals surface area contributed by atoms with Gasteiger partial charge in [-0.1, -0.05) is 0 Å². The average molecular weight is 799 g/mol. The first kappa shape index (κ1) is 44.7. The number of unbranched alkanes of at least 4 members (excludes halogenated alkanes) is 14. The third-order valence-electron chi connectivity index (χ3n) is 7.34. The van der Waals surface area contributed by atoms with Gasteiger partial charge >= 0.3 is 262 Å². The molecule has 0 N–H and O–H groups in total. The van der Waals surface area contributed by atoms with Crippen LogP contribution < -0.4 is 0 Å². The van der Waals surface area contributed by atoms with Gasteiger partial charge in [-0.3, -0.25) is 0 Å². The van der Waals surface area contributed by atoms with E-state index in [2.05, 4.69) is 0 Å². The van der Waals surface area contributed by atoms with E-state index in [9.17, 15) is 61.5 Å². The summed E-state index contributed by atoms with van der Waals surface area (Å²) < 4.78 is 196. The SMILES string of the molecule is CCCCCCCCCC[O][Sn]([CH2]C(F)(F)C(F)(F)C(F)(F)F)([CH2]C(F)(F)C(F)(F)C(F)(F)F)[O]CCCCCCCCCC. The molecule has 0 rings (SSSR count). The monoisotopic (exact) mass is 800 g/mol. The topological polar surface area (TPSA) is 18.5 Å². The first-order valence-corrected chi connectivity index (χ1v) is 21.8. The molecule has 2 nitrogen and oxygen atoms in total. The summed E-state index contributed by atoms with van der Waals surface area (Å²) in [5.41, 5.74) is 0. The number of hydrogen-bond donors (Lipinski definition) is 0. The molecule has 45 heavy (non-hydrogen) atoms. The van der Waals surface area contributed by atoms with Gasteiger partial charge in [0.15, 0.2) is 0 Å². The van der Waals surface area contributed by atoms with Crippen molar-refractivity contribution in [3.63, 3.8) is 0 Å². The quantitative estimate of drug-likeness (QED) is 0.0493. The Balaban J connectivity index is 6.16. The van der Waals surface area contributed by atoms with E-state index >= 15 is 0 Å². The third-order valence-corrected chi connectivity index (χ3v) is 17.1. The second-order valence-corrected chi connectivity index (χ2v) is 20.3. The van der Waals surface area contributed by atoms with Crippen molar-refractivity contribution in [2.24, 2.45) is 0 Å². The first-order chi connectivity index (χ1) is 20.5.